The van der Waals surface area contributed by atoms with Crippen LogP contribution in [0, 0.1) is 12.3 Å². The predicted octanol–water partition coefficient (Wildman–Crippen LogP) is 2.76. The number of rotatable bonds is 4. The molecule has 0 amide bonds. The molecule has 1 aromatic heterocycles. The Hall–Kier alpha value is -1.16. The summed E-state index contributed by atoms with van der Waals surface area (Å²) < 4.78 is 5.74. The van der Waals surface area contributed by atoms with E-state index in [-0.39, 0.29) is 17.1 Å². The molecule has 1 unspecified atom stereocenters. The fourth-order valence-corrected chi connectivity index (χ4v) is 2.08. The summed E-state index contributed by atoms with van der Waals surface area (Å²) in [7, 11) is 0. The number of ether oxygens (including phenoxy) is 1. The van der Waals surface area contributed by atoms with Crippen LogP contribution in [0.25, 0.3) is 0 Å². The normalized spacial score (nSPS) is 13.7. The number of H-pyrrole nitrogens is 1. The van der Waals surface area contributed by atoms with Gasteiger partial charge in [0.05, 0.1) is 0 Å². The van der Waals surface area contributed by atoms with Crippen LogP contribution in [0.2, 0.25) is 0 Å². The lowest BCUT2D eigenvalue weighted by Gasteiger charge is -2.29. The van der Waals surface area contributed by atoms with E-state index in [1.807, 2.05) is 20.8 Å². The molecule has 1 heterocycles. The molecule has 0 fully saturated rings. The second-order valence-corrected chi connectivity index (χ2v) is 5.57. The van der Waals surface area contributed by atoms with E-state index in [9.17, 15) is 4.79 Å². The first-order chi connectivity index (χ1) is 8.31. The standard InChI is InChI=1S/C14H24N2O2/c1-7-10-9(3)15-12(16-13(10)17)11(18-8-2)14(4,5)6/h11H,7-8H2,1-6H3,(H,15,16,17). The molecule has 1 atom stereocenters. The van der Waals surface area contributed by atoms with Crippen molar-refractivity contribution in [1.82, 2.24) is 9.97 Å². The molecule has 0 radical (unpaired) electrons. The first kappa shape index (κ1) is 14.9. The Balaban J connectivity index is 3.27. The van der Waals surface area contributed by atoms with Crippen molar-refractivity contribution >= 4 is 0 Å². The van der Waals surface area contributed by atoms with Crippen molar-refractivity contribution in [3.05, 3.63) is 27.4 Å². The average molecular weight is 252 g/mol. The van der Waals surface area contributed by atoms with Gasteiger partial charge in [-0.25, -0.2) is 4.98 Å². The Morgan fingerprint density at radius 2 is 1.94 bits per heavy atom. The van der Waals surface area contributed by atoms with Gasteiger partial charge in [0, 0.05) is 17.9 Å². The summed E-state index contributed by atoms with van der Waals surface area (Å²) >= 11 is 0. The maximum absolute atomic E-state index is 12.0. The highest BCUT2D eigenvalue weighted by atomic mass is 16.5. The van der Waals surface area contributed by atoms with Crippen LogP contribution in [0.1, 0.15) is 57.8 Å². The molecule has 0 aromatic carbocycles. The molecule has 4 nitrogen and oxygen atoms in total. The fraction of sp³-hybridized carbons (Fsp3) is 0.714. The topological polar surface area (TPSA) is 55.0 Å². The Labute approximate surface area is 109 Å². The van der Waals surface area contributed by atoms with Gasteiger partial charge in [-0.3, -0.25) is 4.79 Å². The van der Waals surface area contributed by atoms with Crippen LogP contribution in [-0.2, 0) is 11.2 Å². The summed E-state index contributed by atoms with van der Waals surface area (Å²) in [5.74, 6) is 0.629. The lowest BCUT2D eigenvalue weighted by atomic mass is 9.88. The SMILES string of the molecule is CCOC(c1nc(C)c(CC)c(=O)[nH]1)C(C)(C)C. The van der Waals surface area contributed by atoms with Crippen LogP contribution in [0.5, 0.6) is 0 Å². The molecular formula is C14H24N2O2. The molecule has 0 aliphatic rings. The van der Waals surface area contributed by atoms with Gasteiger partial charge in [-0.1, -0.05) is 27.7 Å². The number of nitrogens with zero attached hydrogens (tertiary/aromatic N) is 1. The summed E-state index contributed by atoms with van der Waals surface area (Å²) in [6, 6.07) is 0. The van der Waals surface area contributed by atoms with Crippen molar-refractivity contribution in [2.45, 2.75) is 54.1 Å². The zero-order chi connectivity index (χ0) is 13.9. The minimum Gasteiger partial charge on any atom is -0.370 e. The Kier molecular flexibility index (Phi) is 4.68. The molecule has 1 aromatic rings. The molecular weight excluding hydrogens is 228 g/mol. The summed E-state index contributed by atoms with van der Waals surface area (Å²) in [6.07, 6.45) is 0.503. The Bertz CT molecular complexity index is 458. The second-order valence-electron chi connectivity index (χ2n) is 5.57. The van der Waals surface area contributed by atoms with Crippen molar-refractivity contribution in [2.75, 3.05) is 6.61 Å². The van der Waals surface area contributed by atoms with E-state index in [4.69, 9.17) is 4.74 Å². The van der Waals surface area contributed by atoms with Gasteiger partial charge in [-0.05, 0) is 25.7 Å². The van der Waals surface area contributed by atoms with Gasteiger partial charge in [0.25, 0.3) is 5.56 Å². The number of hydrogen-bond donors (Lipinski definition) is 1. The second kappa shape index (κ2) is 5.65. The smallest absolute Gasteiger partial charge is 0.254 e. The van der Waals surface area contributed by atoms with Crippen LogP contribution in [0.3, 0.4) is 0 Å². The van der Waals surface area contributed by atoms with Crippen molar-refractivity contribution in [3.8, 4) is 0 Å². The maximum atomic E-state index is 12.0. The zero-order valence-electron chi connectivity index (χ0n) is 12.3. The van der Waals surface area contributed by atoms with Crippen LogP contribution in [-0.4, -0.2) is 16.6 Å². The first-order valence-electron chi connectivity index (χ1n) is 6.52. The number of aromatic nitrogens is 2. The largest absolute Gasteiger partial charge is 0.370 e. The number of aromatic amines is 1. The molecule has 1 N–H and O–H groups in total. The number of hydrogen-bond acceptors (Lipinski definition) is 3. The molecule has 0 aliphatic heterocycles. The molecule has 0 bridgehead atoms. The summed E-state index contributed by atoms with van der Waals surface area (Å²) in [4.78, 5) is 19.4. The van der Waals surface area contributed by atoms with Gasteiger partial charge >= 0.3 is 0 Å². The van der Waals surface area contributed by atoms with E-state index in [1.165, 1.54) is 0 Å². The minimum atomic E-state index is -0.195. The van der Waals surface area contributed by atoms with E-state index < -0.39 is 0 Å². The third-order valence-electron chi connectivity index (χ3n) is 2.96. The average Bonchev–Trinajstić information content (AvgIpc) is 2.23. The minimum absolute atomic E-state index is 0.0473. The highest BCUT2D eigenvalue weighted by Crippen LogP contribution is 2.33. The summed E-state index contributed by atoms with van der Waals surface area (Å²) in [5, 5.41) is 0. The molecule has 4 heteroatoms. The van der Waals surface area contributed by atoms with Crippen molar-refractivity contribution in [2.24, 2.45) is 5.41 Å². The van der Waals surface area contributed by atoms with Gasteiger partial charge in [0.15, 0.2) is 0 Å². The van der Waals surface area contributed by atoms with E-state index in [0.717, 1.165) is 11.3 Å². The third-order valence-corrected chi connectivity index (χ3v) is 2.96. The van der Waals surface area contributed by atoms with E-state index >= 15 is 0 Å². The Morgan fingerprint density at radius 1 is 1.33 bits per heavy atom. The lowest BCUT2D eigenvalue weighted by Crippen LogP contribution is -2.28. The molecule has 0 saturated carbocycles. The van der Waals surface area contributed by atoms with Crippen LogP contribution >= 0.6 is 0 Å². The highest BCUT2D eigenvalue weighted by molar-refractivity contribution is 5.17. The number of nitrogens with one attached hydrogen (secondary N) is 1. The summed E-state index contributed by atoms with van der Waals surface area (Å²) in [6.45, 7) is 12.6. The van der Waals surface area contributed by atoms with Crippen LogP contribution in [0.15, 0.2) is 4.79 Å². The van der Waals surface area contributed by atoms with E-state index in [2.05, 4.69) is 30.7 Å². The van der Waals surface area contributed by atoms with Gasteiger partial charge in [0.1, 0.15) is 11.9 Å². The van der Waals surface area contributed by atoms with Crippen LogP contribution < -0.4 is 5.56 Å². The lowest BCUT2D eigenvalue weighted by molar-refractivity contribution is -0.0194. The van der Waals surface area contributed by atoms with Gasteiger partial charge in [0.2, 0.25) is 0 Å². The quantitative estimate of drug-likeness (QED) is 0.896. The fourth-order valence-electron chi connectivity index (χ4n) is 2.08. The molecule has 0 spiro atoms. The van der Waals surface area contributed by atoms with Crippen molar-refractivity contribution in [1.29, 1.82) is 0 Å². The predicted molar refractivity (Wildman–Crippen MR) is 72.8 cm³/mol. The van der Waals surface area contributed by atoms with E-state index in [0.29, 0.717) is 18.9 Å². The Morgan fingerprint density at radius 3 is 2.33 bits per heavy atom. The highest BCUT2D eigenvalue weighted by Gasteiger charge is 2.29. The zero-order valence-corrected chi connectivity index (χ0v) is 12.3. The molecule has 0 saturated heterocycles. The van der Waals surface area contributed by atoms with Gasteiger partial charge in [-0.2, -0.15) is 0 Å². The maximum Gasteiger partial charge on any atom is 0.254 e. The summed E-state index contributed by atoms with van der Waals surface area (Å²) in [5.41, 5.74) is 1.40. The molecule has 1 rings (SSSR count). The van der Waals surface area contributed by atoms with Gasteiger partial charge < -0.3 is 9.72 Å². The monoisotopic (exact) mass is 252 g/mol. The van der Waals surface area contributed by atoms with Crippen molar-refractivity contribution < 1.29 is 4.74 Å². The van der Waals surface area contributed by atoms with E-state index in [1.54, 1.807) is 0 Å². The first-order valence-corrected chi connectivity index (χ1v) is 6.52. The van der Waals surface area contributed by atoms with Gasteiger partial charge in [-0.15, -0.1) is 0 Å². The molecule has 18 heavy (non-hydrogen) atoms. The molecule has 102 valence electrons. The third kappa shape index (κ3) is 3.19. The van der Waals surface area contributed by atoms with Crippen molar-refractivity contribution in [3.63, 3.8) is 0 Å². The van der Waals surface area contributed by atoms with Crippen LogP contribution in [0.4, 0.5) is 0 Å². The molecule has 0 aliphatic carbocycles. The number of aryl methyl sites for hydroxylation is 1.